The van der Waals surface area contributed by atoms with Crippen molar-refractivity contribution < 1.29 is 14.0 Å². The molecule has 31 heavy (non-hydrogen) atoms. The topological polar surface area (TPSA) is 63.4 Å². The largest absolute Gasteiger partial charge is 0.369 e. The minimum Gasteiger partial charge on any atom is -0.369 e. The summed E-state index contributed by atoms with van der Waals surface area (Å²) in [5.74, 6) is -0.847. The Morgan fingerprint density at radius 2 is 1.94 bits per heavy atom. The number of amides is 2. The molecule has 1 atom stereocenters. The van der Waals surface area contributed by atoms with Crippen molar-refractivity contribution in [3.8, 4) is 10.4 Å². The highest BCUT2D eigenvalue weighted by molar-refractivity contribution is 7.13. The summed E-state index contributed by atoms with van der Waals surface area (Å²) in [5, 5.41) is 2.03. The molecular formula is C25H25FN2O2S. The second-order valence-electron chi connectivity index (χ2n) is 8.18. The van der Waals surface area contributed by atoms with Gasteiger partial charge in [0.05, 0.1) is 11.8 Å². The van der Waals surface area contributed by atoms with Crippen molar-refractivity contribution in [2.24, 2.45) is 11.1 Å². The smallest absolute Gasteiger partial charge is 0.227 e. The summed E-state index contributed by atoms with van der Waals surface area (Å²) in [7, 11) is 0. The summed E-state index contributed by atoms with van der Waals surface area (Å²) < 4.78 is 13.5. The van der Waals surface area contributed by atoms with Crippen molar-refractivity contribution >= 4 is 23.2 Å². The van der Waals surface area contributed by atoms with E-state index in [-0.39, 0.29) is 30.6 Å². The molecule has 4 rings (SSSR count). The molecule has 3 aromatic rings. The number of rotatable bonds is 6. The van der Waals surface area contributed by atoms with Gasteiger partial charge in [0.2, 0.25) is 11.8 Å². The molecule has 2 amide bonds. The number of likely N-dealkylation sites (tertiary alicyclic amines) is 1. The van der Waals surface area contributed by atoms with Gasteiger partial charge in [-0.15, -0.1) is 11.3 Å². The Hall–Kier alpha value is -2.99. The van der Waals surface area contributed by atoms with Crippen LogP contribution in [0, 0.1) is 11.2 Å². The summed E-state index contributed by atoms with van der Waals surface area (Å²) in [6, 6.07) is 18.2. The van der Waals surface area contributed by atoms with E-state index in [1.807, 2.05) is 29.6 Å². The zero-order valence-corrected chi connectivity index (χ0v) is 18.0. The molecule has 0 saturated carbocycles. The van der Waals surface area contributed by atoms with Crippen molar-refractivity contribution in [1.82, 2.24) is 4.90 Å². The van der Waals surface area contributed by atoms with Gasteiger partial charge in [0, 0.05) is 18.0 Å². The summed E-state index contributed by atoms with van der Waals surface area (Å²) in [5.41, 5.74) is 7.90. The molecule has 4 nitrogen and oxygen atoms in total. The van der Waals surface area contributed by atoms with Gasteiger partial charge in [-0.05, 0) is 59.5 Å². The maximum atomic E-state index is 13.5. The van der Waals surface area contributed by atoms with Crippen LogP contribution in [0.1, 0.15) is 24.0 Å². The van der Waals surface area contributed by atoms with Crippen LogP contribution in [0.15, 0.2) is 66.0 Å². The fourth-order valence-corrected chi connectivity index (χ4v) is 5.21. The average molecular weight is 437 g/mol. The van der Waals surface area contributed by atoms with Crippen LogP contribution < -0.4 is 5.73 Å². The third-order valence-electron chi connectivity index (χ3n) is 6.03. The number of thiophene rings is 1. The first-order valence-electron chi connectivity index (χ1n) is 10.4. The maximum Gasteiger partial charge on any atom is 0.227 e. The normalized spacial score (nSPS) is 18.7. The van der Waals surface area contributed by atoms with Gasteiger partial charge in [-0.1, -0.05) is 42.5 Å². The van der Waals surface area contributed by atoms with Crippen LogP contribution in [0.25, 0.3) is 10.4 Å². The van der Waals surface area contributed by atoms with Crippen molar-refractivity contribution in [3.05, 3.63) is 83.0 Å². The lowest BCUT2D eigenvalue weighted by molar-refractivity contribution is -0.139. The highest BCUT2D eigenvalue weighted by atomic mass is 32.1. The number of halogens is 1. The number of primary amides is 1. The fraction of sp³-hybridized carbons (Fsp3) is 0.280. The molecule has 1 aliphatic rings. The van der Waals surface area contributed by atoms with E-state index in [0.717, 1.165) is 16.0 Å². The van der Waals surface area contributed by atoms with Gasteiger partial charge >= 0.3 is 0 Å². The van der Waals surface area contributed by atoms with Gasteiger partial charge in [0.1, 0.15) is 5.82 Å². The summed E-state index contributed by atoms with van der Waals surface area (Å²) in [6.07, 6.45) is 1.95. The molecule has 1 aliphatic heterocycles. The third kappa shape index (κ3) is 4.69. The van der Waals surface area contributed by atoms with Crippen molar-refractivity contribution in [2.75, 3.05) is 13.1 Å². The van der Waals surface area contributed by atoms with Gasteiger partial charge in [-0.25, -0.2) is 4.39 Å². The molecule has 0 unspecified atom stereocenters. The van der Waals surface area contributed by atoms with Crippen LogP contribution in [0.2, 0.25) is 0 Å². The molecule has 0 bridgehead atoms. The number of carbonyl (C=O) groups excluding carboxylic acids is 2. The number of nitrogens with two attached hydrogens (primary N) is 1. The van der Waals surface area contributed by atoms with Crippen LogP contribution in [-0.2, 0) is 22.4 Å². The van der Waals surface area contributed by atoms with Gasteiger partial charge < -0.3 is 10.6 Å². The van der Waals surface area contributed by atoms with E-state index in [1.165, 1.54) is 12.1 Å². The molecular weight excluding hydrogens is 411 g/mol. The Bertz CT molecular complexity index is 1080. The highest BCUT2D eigenvalue weighted by Gasteiger charge is 2.42. The second-order valence-corrected chi connectivity index (χ2v) is 9.13. The number of carbonyl (C=O) groups is 2. The van der Waals surface area contributed by atoms with E-state index in [1.54, 1.807) is 28.4 Å². The molecule has 0 aliphatic carbocycles. The van der Waals surface area contributed by atoms with E-state index in [4.69, 9.17) is 5.73 Å². The molecule has 160 valence electrons. The zero-order valence-electron chi connectivity index (χ0n) is 17.2. The lowest BCUT2D eigenvalue weighted by Gasteiger charge is -2.41. The number of hydrogen-bond donors (Lipinski definition) is 1. The lowest BCUT2D eigenvalue weighted by Crippen LogP contribution is -2.53. The number of hydrogen-bond acceptors (Lipinski definition) is 3. The lowest BCUT2D eigenvalue weighted by atomic mass is 9.73. The van der Waals surface area contributed by atoms with Crippen LogP contribution in [-0.4, -0.2) is 29.8 Å². The van der Waals surface area contributed by atoms with E-state index < -0.39 is 5.41 Å². The quantitative estimate of drug-likeness (QED) is 0.621. The minimum absolute atomic E-state index is 0.109. The number of piperidine rings is 1. The Balaban J connectivity index is 1.57. The van der Waals surface area contributed by atoms with Crippen molar-refractivity contribution in [1.29, 1.82) is 0 Å². The maximum absolute atomic E-state index is 13.5. The van der Waals surface area contributed by atoms with Crippen LogP contribution in [0.4, 0.5) is 4.39 Å². The van der Waals surface area contributed by atoms with E-state index in [2.05, 4.69) is 12.1 Å². The molecule has 2 N–H and O–H groups in total. The minimum atomic E-state index is -0.816. The standard InChI is InChI=1S/C25H25FN2O2S/c26-20-8-3-6-18(14-20)15-23(29)28-12-5-11-25(17-28,24(27)30)16-19-7-1-2-9-21(19)22-10-4-13-31-22/h1-4,6-10,13-14H,5,11-12,15-17H2,(H2,27,30)/t25-/m1/s1. The van der Waals surface area contributed by atoms with Crippen LogP contribution >= 0.6 is 11.3 Å². The molecule has 6 heteroatoms. The highest BCUT2D eigenvalue weighted by Crippen LogP contribution is 2.37. The van der Waals surface area contributed by atoms with Crippen molar-refractivity contribution in [2.45, 2.75) is 25.7 Å². The Morgan fingerprint density at radius 1 is 1.10 bits per heavy atom. The number of benzene rings is 2. The van der Waals surface area contributed by atoms with Gasteiger partial charge in [0.25, 0.3) is 0 Å². The second kappa shape index (κ2) is 9.02. The van der Waals surface area contributed by atoms with Crippen molar-refractivity contribution in [3.63, 3.8) is 0 Å². The SMILES string of the molecule is NC(=O)[C@@]1(Cc2ccccc2-c2cccs2)CCCN(C(=O)Cc2cccc(F)c2)C1. The van der Waals surface area contributed by atoms with Crippen LogP contribution in [0.5, 0.6) is 0 Å². The van der Waals surface area contributed by atoms with Gasteiger partial charge in [-0.2, -0.15) is 0 Å². The first kappa shape index (κ1) is 21.2. The van der Waals surface area contributed by atoms with Crippen LogP contribution in [0.3, 0.4) is 0 Å². The van der Waals surface area contributed by atoms with Gasteiger partial charge in [0.15, 0.2) is 0 Å². The molecule has 1 fully saturated rings. The van der Waals surface area contributed by atoms with Gasteiger partial charge in [-0.3, -0.25) is 9.59 Å². The Kier molecular flexibility index (Phi) is 6.18. The average Bonchev–Trinajstić information content (AvgIpc) is 3.29. The summed E-state index contributed by atoms with van der Waals surface area (Å²) >= 11 is 1.66. The van der Waals surface area contributed by atoms with E-state index >= 15 is 0 Å². The predicted octanol–water partition coefficient (Wildman–Crippen LogP) is 4.43. The summed E-state index contributed by atoms with van der Waals surface area (Å²) in [6.45, 7) is 0.866. The molecule has 0 spiro atoms. The monoisotopic (exact) mass is 436 g/mol. The number of nitrogens with zero attached hydrogens (tertiary/aromatic N) is 1. The zero-order chi connectivity index (χ0) is 21.8. The molecule has 0 radical (unpaired) electrons. The fourth-order valence-electron chi connectivity index (χ4n) is 4.42. The molecule has 2 heterocycles. The molecule has 2 aromatic carbocycles. The molecule has 1 aromatic heterocycles. The van der Waals surface area contributed by atoms with E-state index in [0.29, 0.717) is 31.4 Å². The first-order chi connectivity index (χ1) is 15.0. The Labute approximate surface area is 185 Å². The molecule has 1 saturated heterocycles. The summed E-state index contributed by atoms with van der Waals surface area (Å²) in [4.78, 5) is 28.5. The third-order valence-corrected chi connectivity index (χ3v) is 6.93. The predicted molar refractivity (Wildman–Crippen MR) is 121 cm³/mol. The Morgan fingerprint density at radius 3 is 2.68 bits per heavy atom. The van der Waals surface area contributed by atoms with E-state index in [9.17, 15) is 14.0 Å². The first-order valence-corrected chi connectivity index (χ1v) is 11.3.